The van der Waals surface area contributed by atoms with Crippen molar-refractivity contribution in [1.82, 2.24) is 9.97 Å². The Morgan fingerprint density at radius 1 is 1.14 bits per heavy atom. The van der Waals surface area contributed by atoms with Crippen molar-refractivity contribution >= 4 is 11.6 Å². The Hall–Kier alpha value is -2.56. The van der Waals surface area contributed by atoms with Crippen LogP contribution < -0.4 is 0 Å². The monoisotopic (exact) mass is 284 g/mol. The maximum Gasteiger partial charge on any atom is 0.179 e. The molecule has 0 aliphatic heterocycles. The van der Waals surface area contributed by atoms with Crippen LogP contribution in [0.25, 0.3) is 0 Å². The molecule has 0 aliphatic carbocycles. The minimum Gasteiger partial charge on any atom is -0.508 e. The molecule has 1 heterocycles. The third-order valence-electron chi connectivity index (χ3n) is 3.05. The molecular formula is C16H16N2O3. The molecule has 21 heavy (non-hydrogen) atoms. The summed E-state index contributed by atoms with van der Waals surface area (Å²) in [4.78, 5) is 31.2. The number of aromatic nitrogens is 2. The van der Waals surface area contributed by atoms with Crippen LogP contribution in [0, 0.1) is 0 Å². The fraction of sp³-hybridized carbons (Fsp3) is 0.250. The first kappa shape index (κ1) is 14.8. The van der Waals surface area contributed by atoms with Gasteiger partial charge >= 0.3 is 0 Å². The fourth-order valence-corrected chi connectivity index (χ4v) is 1.90. The lowest BCUT2D eigenvalue weighted by Crippen LogP contribution is -2.08. The Morgan fingerprint density at radius 2 is 1.86 bits per heavy atom. The summed E-state index contributed by atoms with van der Waals surface area (Å²) in [6.45, 7) is 1.42. The van der Waals surface area contributed by atoms with Crippen LogP contribution in [0.5, 0.6) is 5.75 Å². The van der Waals surface area contributed by atoms with E-state index in [4.69, 9.17) is 0 Å². The predicted octanol–water partition coefficient (Wildman–Crippen LogP) is 2.13. The average Bonchev–Trinajstić information content (AvgIpc) is 2.47. The number of aryl methyl sites for hydroxylation is 1. The van der Waals surface area contributed by atoms with Crippen molar-refractivity contribution in [2.45, 2.75) is 26.2 Å². The van der Waals surface area contributed by atoms with Crippen LogP contribution in [0.1, 0.15) is 35.1 Å². The van der Waals surface area contributed by atoms with Crippen LogP contribution in [-0.4, -0.2) is 26.6 Å². The molecule has 2 rings (SSSR count). The van der Waals surface area contributed by atoms with E-state index < -0.39 is 0 Å². The first-order chi connectivity index (χ1) is 10.0. The second-order valence-corrected chi connectivity index (χ2v) is 4.83. The number of benzene rings is 1. The number of rotatable bonds is 6. The van der Waals surface area contributed by atoms with Crippen molar-refractivity contribution in [2.24, 2.45) is 0 Å². The highest BCUT2D eigenvalue weighted by molar-refractivity contribution is 5.91. The summed E-state index contributed by atoms with van der Waals surface area (Å²) in [5.41, 5.74) is 1.78. The molecule has 0 unspecified atom stereocenters. The lowest BCUT2D eigenvalue weighted by atomic mass is 10.1. The minimum atomic E-state index is -0.166. The van der Waals surface area contributed by atoms with Gasteiger partial charge < -0.3 is 5.11 Å². The van der Waals surface area contributed by atoms with Gasteiger partial charge in [0, 0.05) is 19.5 Å². The molecule has 0 atom stereocenters. The van der Waals surface area contributed by atoms with Crippen molar-refractivity contribution in [3.05, 3.63) is 53.6 Å². The van der Waals surface area contributed by atoms with Crippen molar-refractivity contribution in [3.8, 4) is 5.75 Å². The van der Waals surface area contributed by atoms with E-state index >= 15 is 0 Å². The Bertz CT molecular complexity index is 651. The van der Waals surface area contributed by atoms with Crippen LogP contribution in [-0.2, 0) is 17.6 Å². The van der Waals surface area contributed by atoms with E-state index in [-0.39, 0.29) is 29.4 Å². The van der Waals surface area contributed by atoms with Gasteiger partial charge in [-0.15, -0.1) is 0 Å². The van der Waals surface area contributed by atoms with Crippen molar-refractivity contribution in [3.63, 3.8) is 0 Å². The highest BCUT2D eigenvalue weighted by Crippen LogP contribution is 2.11. The molecule has 0 saturated heterocycles. The predicted molar refractivity (Wildman–Crippen MR) is 77.2 cm³/mol. The lowest BCUT2D eigenvalue weighted by molar-refractivity contribution is -0.118. The molecular weight excluding hydrogens is 268 g/mol. The summed E-state index contributed by atoms with van der Waals surface area (Å²) in [6.07, 6.45) is 4.07. The molecule has 1 aromatic heterocycles. The minimum absolute atomic E-state index is 0.0399. The maximum atomic E-state index is 11.9. The highest BCUT2D eigenvalue weighted by Gasteiger charge is 2.08. The summed E-state index contributed by atoms with van der Waals surface area (Å²) < 4.78 is 0. The van der Waals surface area contributed by atoms with Gasteiger partial charge in [-0.05, 0) is 24.1 Å². The van der Waals surface area contributed by atoms with Gasteiger partial charge in [-0.25, -0.2) is 4.98 Å². The van der Waals surface area contributed by atoms with Crippen molar-refractivity contribution < 1.29 is 14.7 Å². The SMILES string of the molecule is CC(=O)c1cncc(CC(=O)CCc2ccc(O)cc2)n1. The molecule has 0 bridgehead atoms. The summed E-state index contributed by atoms with van der Waals surface area (Å²) in [5, 5.41) is 9.19. The van der Waals surface area contributed by atoms with Gasteiger partial charge in [-0.3, -0.25) is 14.6 Å². The average molecular weight is 284 g/mol. The summed E-state index contributed by atoms with van der Waals surface area (Å²) >= 11 is 0. The van der Waals surface area contributed by atoms with Gasteiger partial charge in [0.05, 0.1) is 18.3 Å². The third-order valence-corrected chi connectivity index (χ3v) is 3.05. The van der Waals surface area contributed by atoms with Gasteiger partial charge in [0.15, 0.2) is 5.78 Å². The second kappa shape index (κ2) is 6.74. The van der Waals surface area contributed by atoms with Crippen LogP contribution in [0.15, 0.2) is 36.7 Å². The normalized spacial score (nSPS) is 10.3. The van der Waals surface area contributed by atoms with Crippen LogP contribution in [0.3, 0.4) is 0 Å². The molecule has 0 radical (unpaired) electrons. The summed E-state index contributed by atoms with van der Waals surface area (Å²) in [7, 11) is 0. The van der Waals surface area contributed by atoms with Crippen molar-refractivity contribution in [1.29, 1.82) is 0 Å². The first-order valence-electron chi connectivity index (χ1n) is 6.66. The highest BCUT2D eigenvalue weighted by atomic mass is 16.3. The number of phenolic OH excluding ortho intramolecular Hbond substituents is 1. The largest absolute Gasteiger partial charge is 0.508 e. The Morgan fingerprint density at radius 3 is 2.52 bits per heavy atom. The molecule has 5 nitrogen and oxygen atoms in total. The fourth-order valence-electron chi connectivity index (χ4n) is 1.90. The standard InChI is InChI=1S/C16H16N2O3/c1-11(19)16-10-17-9-13(18-16)8-15(21)7-4-12-2-5-14(20)6-3-12/h2-3,5-6,9-10,20H,4,7-8H2,1H3. The number of carbonyl (C=O) groups excluding carboxylic acids is 2. The topological polar surface area (TPSA) is 80.2 Å². The zero-order valence-electron chi connectivity index (χ0n) is 11.7. The molecule has 0 saturated carbocycles. The van der Waals surface area contributed by atoms with E-state index in [1.54, 1.807) is 24.3 Å². The number of carbonyl (C=O) groups is 2. The molecule has 1 aromatic carbocycles. The second-order valence-electron chi connectivity index (χ2n) is 4.83. The number of Topliss-reactive ketones (excluding diaryl/α,β-unsaturated/α-hetero) is 2. The quantitative estimate of drug-likeness (QED) is 0.822. The van der Waals surface area contributed by atoms with Crippen molar-refractivity contribution in [2.75, 3.05) is 0 Å². The van der Waals surface area contributed by atoms with E-state index in [1.807, 2.05) is 0 Å². The molecule has 0 aliphatic rings. The van der Waals surface area contributed by atoms with Crippen LogP contribution in [0.2, 0.25) is 0 Å². The summed E-state index contributed by atoms with van der Waals surface area (Å²) in [5.74, 6) is 0.0837. The Labute approximate surface area is 122 Å². The molecule has 5 heteroatoms. The maximum absolute atomic E-state index is 11.9. The van der Waals surface area contributed by atoms with E-state index in [2.05, 4.69) is 9.97 Å². The van der Waals surface area contributed by atoms with Gasteiger partial charge in [-0.1, -0.05) is 12.1 Å². The third kappa shape index (κ3) is 4.49. The first-order valence-corrected chi connectivity index (χ1v) is 6.66. The number of hydrogen-bond acceptors (Lipinski definition) is 5. The van der Waals surface area contributed by atoms with E-state index in [9.17, 15) is 14.7 Å². The molecule has 0 fully saturated rings. The van der Waals surface area contributed by atoms with E-state index in [1.165, 1.54) is 19.3 Å². The number of phenols is 1. The number of nitrogens with zero attached hydrogens (tertiary/aromatic N) is 2. The number of hydrogen-bond donors (Lipinski definition) is 1. The Kier molecular flexibility index (Phi) is 4.77. The van der Waals surface area contributed by atoms with Crippen LogP contribution in [0.4, 0.5) is 0 Å². The zero-order valence-corrected chi connectivity index (χ0v) is 11.7. The molecule has 108 valence electrons. The van der Waals surface area contributed by atoms with Gasteiger partial charge in [-0.2, -0.15) is 0 Å². The number of ketones is 2. The zero-order chi connectivity index (χ0) is 15.2. The van der Waals surface area contributed by atoms with Gasteiger partial charge in [0.1, 0.15) is 17.2 Å². The van der Waals surface area contributed by atoms with Crippen LogP contribution >= 0.6 is 0 Å². The van der Waals surface area contributed by atoms with Gasteiger partial charge in [0.2, 0.25) is 0 Å². The summed E-state index contributed by atoms with van der Waals surface area (Å²) in [6, 6.07) is 6.78. The smallest absolute Gasteiger partial charge is 0.179 e. The van der Waals surface area contributed by atoms with E-state index in [0.717, 1.165) is 5.56 Å². The molecule has 0 amide bonds. The molecule has 2 aromatic rings. The number of aromatic hydroxyl groups is 1. The van der Waals surface area contributed by atoms with Gasteiger partial charge in [0.25, 0.3) is 0 Å². The van der Waals surface area contributed by atoms with E-state index in [0.29, 0.717) is 18.5 Å². The lowest BCUT2D eigenvalue weighted by Gasteiger charge is -2.03. The Balaban J connectivity index is 1.91. The molecule has 1 N–H and O–H groups in total. The molecule has 0 spiro atoms.